The highest BCUT2D eigenvalue weighted by molar-refractivity contribution is 5.77. The Morgan fingerprint density at radius 3 is 2.57 bits per heavy atom. The molecule has 0 unspecified atom stereocenters. The molecule has 0 aromatic rings. The van der Waals surface area contributed by atoms with Gasteiger partial charge >= 0.3 is 6.09 Å². The van der Waals surface area contributed by atoms with Crippen molar-refractivity contribution in [1.29, 1.82) is 0 Å². The first kappa shape index (κ1) is 19.7. The molecule has 0 radical (unpaired) electrons. The molecule has 0 bridgehead atoms. The molecule has 1 heterocycles. The van der Waals surface area contributed by atoms with Crippen molar-refractivity contribution in [2.45, 2.75) is 51.2 Å². The van der Waals surface area contributed by atoms with E-state index in [1.165, 1.54) is 0 Å². The average molecular weight is 329 g/mol. The predicted octanol–water partition coefficient (Wildman–Crippen LogP) is 0.816. The number of aliphatic hydroxyl groups is 1. The van der Waals surface area contributed by atoms with Gasteiger partial charge in [-0.2, -0.15) is 0 Å². The smallest absolute Gasteiger partial charge is 0.407 e. The van der Waals surface area contributed by atoms with Crippen LogP contribution in [0.1, 0.15) is 40.0 Å². The third-order valence-corrected chi connectivity index (χ3v) is 3.53. The van der Waals surface area contributed by atoms with Crippen LogP contribution in [0.15, 0.2) is 0 Å². The lowest BCUT2D eigenvalue weighted by Crippen LogP contribution is -2.55. The minimum absolute atomic E-state index is 0.0575. The second-order valence-electron chi connectivity index (χ2n) is 7.56. The van der Waals surface area contributed by atoms with Crippen molar-refractivity contribution in [3.05, 3.63) is 0 Å². The van der Waals surface area contributed by atoms with Crippen molar-refractivity contribution in [2.24, 2.45) is 0 Å². The van der Waals surface area contributed by atoms with Gasteiger partial charge in [-0.25, -0.2) is 4.79 Å². The third-order valence-electron chi connectivity index (χ3n) is 3.53. The monoisotopic (exact) mass is 329 g/mol. The number of carbonyl (C=O) groups is 2. The number of β-amino-alcohol motifs (C(OH)–C–C–N with tert-alkyl or cyclic N) is 1. The molecular formula is C16H31N3O4. The van der Waals surface area contributed by atoms with E-state index in [-0.39, 0.29) is 18.9 Å². The van der Waals surface area contributed by atoms with Crippen LogP contribution in [0.25, 0.3) is 0 Å². The summed E-state index contributed by atoms with van der Waals surface area (Å²) in [7, 11) is 3.81. The van der Waals surface area contributed by atoms with Gasteiger partial charge in [0.25, 0.3) is 0 Å². The Hall–Kier alpha value is -1.34. The largest absolute Gasteiger partial charge is 0.444 e. The lowest BCUT2D eigenvalue weighted by Gasteiger charge is -2.40. The van der Waals surface area contributed by atoms with Crippen LogP contribution < -0.4 is 5.32 Å². The summed E-state index contributed by atoms with van der Waals surface area (Å²) in [5.41, 5.74) is -1.40. The predicted molar refractivity (Wildman–Crippen MR) is 88.2 cm³/mol. The summed E-state index contributed by atoms with van der Waals surface area (Å²) in [5.74, 6) is -0.0575. The summed E-state index contributed by atoms with van der Waals surface area (Å²) >= 11 is 0. The molecule has 134 valence electrons. The van der Waals surface area contributed by atoms with Gasteiger partial charge in [0.15, 0.2) is 0 Å². The van der Waals surface area contributed by atoms with Crippen LogP contribution in [-0.4, -0.2) is 78.4 Å². The molecule has 0 aromatic heterocycles. The summed E-state index contributed by atoms with van der Waals surface area (Å²) in [6.45, 7) is 7.13. The van der Waals surface area contributed by atoms with E-state index in [4.69, 9.17) is 4.74 Å². The van der Waals surface area contributed by atoms with Gasteiger partial charge < -0.3 is 25.0 Å². The topological polar surface area (TPSA) is 82.1 Å². The van der Waals surface area contributed by atoms with E-state index < -0.39 is 17.3 Å². The zero-order valence-corrected chi connectivity index (χ0v) is 15.0. The second-order valence-corrected chi connectivity index (χ2v) is 7.56. The molecule has 1 aliphatic heterocycles. The standard InChI is InChI=1S/C16H31N3O4/c1-15(2,3)23-14(21)17-9-7-13(20)19-10-6-8-16(22,12-19)11-18(4)5/h22H,6-12H2,1-5H3,(H,17,21)/t16-/m0/s1. The summed E-state index contributed by atoms with van der Waals surface area (Å²) in [6, 6.07) is 0. The Labute approximate surface area is 139 Å². The van der Waals surface area contributed by atoms with E-state index in [1.54, 1.807) is 25.7 Å². The van der Waals surface area contributed by atoms with Gasteiger partial charge in [0.1, 0.15) is 5.60 Å². The third kappa shape index (κ3) is 7.65. The van der Waals surface area contributed by atoms with Gasteiger partial charge in [-0.1, -0.05) is 0 Å². The van der Waals surface area contributed by atoms with Gasteiger partial charge in [-0.05, 0) is 47.7 Å². The van der Waals surface area contributed by atoms with Gasteiger partial charge in [0, 0.05) is 26.1 Å². The average Bonchev–Trinajstić information content (AvgIpc) is 2.34. The highest BCUT2D eigenvalue weighted by Crippen LogP contribution is 2.22. The highest BCUT2D eigenvalue weighted by atomic mass is 16.6. The normalized spacial score (nSPS) is 22.1. The van der Waals surface area contributed by atoms with Gasteiger partial charge in [-0.3, -0.25) is 4.79 Å². The van der Waals surface area contributed by atoms with Crippen LogP contribution in [0.5, 0.6) is 0 Å². The first-order valence-electron chi connectivity index (χ1n) is 8.12. The Morgan fingerprint density at radius 1 is 1.35 bits per heavy atom. The first-order chi connectivity index (χ1) is 10.5. The SMILES string of the molecule is CN(C)C[C@@]1(O)CCCN(C(=O)CCNC(=O)OC(C)(C)C)C1. The number of hydrogen-bond donors (Lipinski definition) is 2. The van der Waals surface area contributed by atoms with Gasteiger partial charge in [0.2, 0.25) is 5.91 Å². The molecule has 1 atom stereocenters. The molecule has 1 saturated heterocycles. The first-order valence-corrected chi connectivity index (χ1v) is 8.12. The quantitative estimate of drug-likeness (QED) is 0.780. The van der Waals surface area contributed by atoms with E-state index in [9.17, 15) is 14.7 Å². The maximum absolute atomic E-state index is 12.2. The molecule has 2 N–H and O–H groups in total. The number of nitrogens with zero attached hydrogens (tertiary/aromatic N) is 2. The maximum Gasteiger partial charge on any atom is 0.407 e. The van der Waals surface area contributed by atoms with Crippen LogP contribution >= 0.6 is 0 Å². The van der Waals surface area contributed by atoms with E-state index in [0.717, 1.165) is 6.42 Å². The fourth-order valence-corrected chi connectivity index (χ4v) is 2.79. The number of alkyl carbamates (subject to hydrolysis) is 1. The number of likely N-dealkylation sites (tertiary alicyclic amines) is 1. The molecule has 0 spiro atoms. The minimum Gasteiger partial charge on any atom is -0.444 e. The van der Waals surface area contributed by atoms with Crippen LogP contribution in [0, 0.1) is 0 Å². The molecule has 1 aliphatic rings. The number of nitrogens with one attached hydrogen (secondary N) is 1. The molecule has 7 nitrogen and oxygen atoms in total. The van der Waals surface area contributed by atoms with Crippen molar-refractivity contribution < 1.29 is 19.4 Å². The Bertz CT molecular complexity index is 420. The van der Waals surface area contributed by atoms with Gasteiger partial charge in [0.05, 0.1) is 12.1 Å². The molecule has 1 rings (SSSR count). The molecular weight excluding hydrogens is 298 g/mol. The number of piperidine rings is 1. The van der Waals surface area contributed by atoms with Crippen LogP contribution in [0.3, 0.4) is 0 Å². The zero-order chi connectivity index (χ0) is 17.7. The fourth-order valence-electron chi connectivity index (χ4n) is 2.79. The van der Waals surface area contributed by atoms with E-state index >= 15 is 0 Å². The Kier molecular flexibility index (Phi) is 6.83. The lowest BCUT2D eigenvalue weighted by atomic mass is 9.92. The van der Waals surface area contributed by atoms with Crippen molar-refractivity contribution in [3.8, 4) is 0 Å². The molecule has 0 saturated carbocycles. The summed E-state index contributed by atoms with van der Waals surface area (Å²) in [5, 5.41) is 13.2. The number of carbonyl (C=O) groups excluding carboxylic acids is 2. The lowest BCUT2D eigenvalue weighted by molar-refractivity contribution is -0.139. The number of hydrogen-bond acceptors (Lipinski definition) is 5. The molecule has 0 aliphatic carbocycles. The van der Waals surface area contributed by atoms with Crippen molar-refractivity contribution >= 4 is 12.0 Å². The summed E-state index contributed by atoms with van der Waals surface area (Å²) in [6.07, 6.45) is 1.17. The summed E-state index contributed by atoms with van der Waals surface area (Å²) in [4.78, 5) is 27.4. The number of likely N-dealkylation sites (N-methyl/N-ethyl adjacent to an activating group) is 1. The molecule has 7 heteroatoms. The minimum atomic E-state index is -0.851. The molecule has 23 heavy (non-hydrogen) atoms. The molecule has 2 amide bonds. The maximum atomic E-state index is 12.2. The number of ether oxygens (including phenoxy) is 1. The fraction of sp³-hybridized carbons (Fsp3) is 0.875. The Balaban J connectivity index is 2.38. The van der Waals surface area contributed by atoms with E-state index in [0.29, 0.717) is 26.1 Å². The Morgan fingerprint density at radius 2 is 2.00 bits per heavy atom. The number of amides is 2. The highest BCUT2D eigenvalue weighted by Gasteiger charge is 2.35. The van der Waals surface area contributed by atoms with E-state index in [1.807, 2.05) is 19.0 Å². The van der Waals surface area contributed by atoms with E-state index in [2.05, 4.69) is 5.32 Å². The van der Waals surface area contributed by atoms with Crippen LogP contribution in [0.4, 0.5) is 4.79 Å². The van der Waals surface area contributed by atoms with Crippen molar-refractivity contribution in [1.82, 2.24) is 15.1 Å². The second kappa shape index (κ2) is 7.97. The van der Waals surface area contributed by atoms with Crippen LogP contribution in [0.2, 0.25) is 0 Å². The van der Waals surface area contributed by atoms with Gasteiger partial charge in [-0.15, -0.1) is 0 Å². The van der Waals surface area contributed by atoms with Crippen molar-refractivity contribution in [2.75, 3.05) is 40.3 Å². The molecule has 0 aromatic carbocycles. The molecule has 1 fully saturated rings. The summed E-state index contributed by atoms with van der Waals surface area (Å²) < 4.78 is 5.12. The zero-order valence-electron chi connectivity index (χ0n) is 15.0. The van der Waals surface area contributed by atoms with Crippen LogP contribution in [-0.2, 0) is 9.53 Å². The van der Waals surface area contributed by atoms with Crippen molar-refractivity contribution in [3.63, 3.8) is 0 Å². The number of rotatable bonds is 5.